The van der Waals surface area contributed by atoms with E-state index in [1.54, 1.807) is 0 Å². The molecule has 1 aromatic heterocycles. The number of hydrogen-bond donors (Lipinski definition) is 1. The molecule has 92 valence electrons. The predicted octanol–water partition coefficient (Wildman–Crippen LogP) is 2.34. The van der Waals surface area contributed by atoms with Crippen LogP contribution >= 0.6 is 0 Å². The molecule has 2 fully saturated rings. The van der Waals surface area contributed by atoms with Gasteiger partial charge in [-0.1, -0.05) is 18.9 Å². The van der Waals surface area contributed by atoms with Gasteiger partial charge in [0.2, 0.25) is 0 Å². The molecule has 3 heteroatoms. The summed E-state index contributed by atoms with van der Waals surface area (Å²) in [4.78, 5) is 6.93. The zero-order valence-electron chi connectivity index (χ0n) is 10.2. The van der Waals surface area contributed by atoms with Gasteiger partial charge >= 0.3 is 0 Å². The summed E-state index contributed by atoms with van der Waals surface area (Å²) < 4.78 is 0. The van der Waals surface area contributed by atoms with Crippen LogP contribution in [0.15, 0.2) is 18.3 Å². The molecule has 1 aliphatic carbocycles. The standard InChI is InChI=1S/C14H20N2O/c17-10-12-5-3-8-15-14(12)16-9-7-11-4-1-2-6-13(11)16/h3,5,8,11,13,17H,1-2,4,6-7,9-10H2. The van der Waals surface area contributed by atoms with Gasteiger partial charge in [-0.15, -0.1) is 0 Å². The first-order valence-electron chi connectivity index (χ1n) is 6.71. The molecule has 1 N–H and O–H groups in total. The third kappa shape index (κ3) is 1.93. The maximum Gasteiger partial charge on any atom is 0.134 e. The van der Waals surface area contributed by atoms with E-state index in [0.717, 1.165) is 23.8 Å². The average Bonchev–Trinajstić information content (AvgIpc) is 2.82. The third-order valence-electron chi connectivity index (χ3n) is 4.32. The second-order valence-electron chi connectivity index (χ2n) is 5.24. The van der Waals surface area contributed by atoms with Crippen LogP contribution in [-0.2, 0) is 6.61 Å². The summed E-state index contributed by atoms with van der Waals surface area (Å²) in [6.45, 7) is 1.20. The molecule has 0 radical (unpaired) electrons. The summed E-state index contributed by atoms with van der Waals surface area (Å²) in [7, 11) is 0. The number of fused-ring (bicyclic) bond motifs is 1. The summed E-state index contributed by atoms with van der Waals surface area (Å²) in [5.74, 6) is 1.88. The maximum absolute atomic E-state index is 9.41. The van der Waals surface area contributed by atoms with Crippen LogP contribution in [0, 0.1) is 5.92 Å². The highest BCUT2D eigenvalue weighted by Gasteiger charge is 2.36. The number of hydrogen-bond acceptors (Lipinski definition) is 3. The van der Waals surface area contributed by atoms with Gasteiger partial charge < -0.3 is 10.0 Å². The number of aliphatic hydroxyl groups excluding tert-OH is 1. The first-order chi connectivity index (χ1) is 8.40. The van der Waals surface area contributed by atoms with Crippen molar-refractivity contribution < 1.29 is 5.11 Å². The van der Waals surface area contributed by atoms with E-state index in [9.17, 15) is 5.11 Å². The van der Waals surface area contributed by atoms with Crippen LogP contribution in [-0.4, -0.2) is 22.7 Å². The molecule has 17 heavy (non-hydrogen) atoms. The molecule has 1 saturated heterocycles. The summed E-state index contributed by atoms with van der Waals surface area (Å²) in [5, 5.41) is 9.41. The van der Waals surface area contributed by atoms with Gasteiger partial charge in [0.05, 0.1) is 6.61 Å². The van der Waals surface area contributed by atoms with Gasteiger partial charge in [-0.3, -0.25) is 0 Å². The topological polar surface area (TPSA) is 36.4 Å². The fourth-order valence-electron chi connectivity index (χ4n) is 3.48. The number of pyridine rings is 1. The maximum atomic E-state index is 9.41. The molecule has 0 aromatic carbocycles. The van der Waals surface area contributed by atoms with E-state index in [0.29, 0.717) is 6.04 Å². The van der Waals surface area contributed by atoms with Crippen LogP contribution in [0.3, 0.4) is 0 Å². The second-order valence-corrected chi connectivity index (χ2v) is 5.24. The fourth-order valence-corrected chi connectivity index (χ4v) is 3.48. The third-order valence-corrected chi connectivity index (χ3v) is 4.32. The smallest absolute Gasteiger partial charge is 0.134 e. The summed E-state index contributed by atoms with van der Waals surface area (Å²) in [5.41, 5.74) is 0.971. The van der Waals surface area contributed by atoms with Crippen molar-refractivity contribution in [2.24, 2.45) is 5.92 Å². The van der Waals surface area contributed by atoms with Gasteiger partial charge in [-0.2, -0.15) is 0 Å². The Morgan fingerprint density at radius 1 is 1.29 bits per heavy atom. The number of aromatic nitrogens is 1. The number of nitrogens with zero attached hydrogens (tertiary/aromatic N) is 2. The molecular weight excluding hydrogens is 212 g/mol. The minimum Gasteiger partial charge on any atom is -0.392 e. The minimum atomic E-state index is 0.0943. The molecule has 2 aliphatic rings. The predicted molar refractivity (Wildman–Crippen MR) is 67.9 cm³/mol. The van der Waals surface area contributed by atoms with Crippen molar-refractivity contribution in [1.82, 2.24) is 4.98 Å². The molecular formula is C14H20N2O. The summed E-state index contributed by atoms with van der Waals surface area (Å²) >= 11 is 0. The molecule has 1 aromatic rings. The van der Waals surface area contributed by atoms with Crippen molar-refractivity contribution in [2.45, 2.75) is 44.8 Å². The van der Waals surface area contributed by atoms with Gasteiger partial charge in [-0.25, -0.2) is 4.98 Å². The average molecular weight is 232 g/mol. The largest absolute Gasteiger partial charge is 0.392 e. The van der Waals surface area contributed by atoms with Gasteiger partial charge in [-0.05, 0) is 31.2 Å². The van der Waals surface area contributed by atoms with E-state index in [4.69, 9.17) is 0 Å². The molecule has 0 bridgehead atoms. The van der Waals surface area contributed by atoms with Gasteiger partial charge in [0.1, 0.15) is 5.82 Å². The molecule has 3 nitrogen and oxygen atoms in total. The SMILES string of the molecule is OCc1cccnc1N1CCC2CCCCC21. The van der Waals surface area contributed by atoms with Crippen LogP contribution < -0.4 is 4.90 Å². The van der Waals surface area contributed by atoms with Crippen LogP contribution in [0.5, 0.6) is 0 Å². The summed E-state index contributed by atoms with van der Waals surface area (Å²) in [6.07, 6.45) is 8.55. The molecule has 0 spiro atoms. The van der Waals surface area contributed by atoms with Crippen molar-refractivity contribution in [1.29, 1.82) is 0 Å². The van der Waals surface area contributed by atoms with Crippen LogP contribution in [0.1, 0.15) is 37.7 Å². The minimum absolute atomic E-state index is 0.0943. The van der Waals surface area contributed by atoms with Crippen molar-refractivity contribution >= 4 is 5.82 Å². The number of aliphatic hydroxyl groups is 1. The Morgan fingerprint density at radius 2 is 2.18 bits per heavy atom. The zero-order chi connectivity index (χ0) is 11.7. The summed E-state index contributed by atoms with van der Waals surface area (Å²) in [6, 6.07) is 4.56. The Kier molecular flexibility index (Phi) is 3.02. The Morgan fingerprint density at radius 3 is 3.06 bits per heavy atom. The van der Waals surface area contributed by atoms with E-state index in [1.807, 2.05) is 18.3 Å². The van der Waals surface area contributed by atoms with E-state index in [1.165, 1.54) is 32.1 Å². The van der Waals surface area contributed by atoms with Crippen molar-refractivity contribution in [2.75, 3.05) is 11.4 Å². The first kappa shape index (κ1) is 11.0. The molecule has 1 aliphatic heterocycles. The first-order valence-corrected chi connectivity index (χ1v) is 6.71. The Labute approximate surface area is 102 Å². The van der Waals surface area contributed by atoms with Gasteiger partial charge in [0, 0.05) is 24.3 Å². The highest BCUT2D eigenvalue weighted by molar-refractivity contribution is 5.48. The van der Waals surface area contributed by atoms with E-state index < -0.39 is 0 Å². The van der Waals surface area contributed by atoms with Gasteiger partial charge in [0.25, 0.3) is 0 Å². The van der Waals surface area contributed by atoms with Crippen molar-refractivity contribution in [3.05, 3.63) is 23.9 Å². The lowest BCUT2D eigenvalue weighted by Gasteiger charge is -2.33. The molecule has 0 amide bonds. The Hall–Kier alpha value is -1.09. The van der Waals surface area contributed by atoms with Crippen molar-refractivity contribution in [3.8, 4) is 0 Å². The van der Waals surface area contributed by atoms with Crippen LogP contribution in [0.25, 0.3) is 0 Å². The van der Waals surface area contributed by atoms with E-state index >= 15 is 0 Å². The second kappa shape index (κ2) is 4.65. The molecule has 2 heterocycles. The van der Waals surface area contributed by atoms with Crippen LogP contribution in [0.4, 0.5) is 5.82 Å². The van der Waals surface area contributed by atoms with Gasteiger partial charge in [0.15, 0.2) is 0 Å². The van der Waals surface area contributed by atoms with Crippen molar-refractivity contribution in [3.63, 3.8) is 0 Å². The zero-order valence-corrected chi connectivity index (χ0v) is 10.2. The Balaban J connectivity index is 1.88. The molecule has 3 rings (SSSR count). The highest BCUT2D eigenvalue weighted by Crippen LogP contribution is 2.38. The molecule has 2 unspecified atom stereocenters. The van der Waals surface area contributed by atoms with E-state index in [2.05, 4.69) is 9.88 Å². The monoisotopic (exact) mass is 232 g/mol. The number of rotatable bonds is 2. The van der Waals surface area contributed by atoms with E-state index in [-0.39, 0.29) is 6.61 Å². The fraction of sp³-hybridized carbons (Fsp3) is 0.643. The molecule has 1 saturated carbocycles. The van der Waals surface area contributed by atoms with Crippen LogP contribution in [0.2, 0.25) is 0 Å². The quantitative estimate of drug-likeness (QED) is 0.850. The number of anilines is 1. The Bertz CT molecular complexity index is 394. The molecule has 2 atom stereocenters. The lowest BCUT2D eigenvalue weighted by Crippen LogP contribution is -2.35. The highest BCUT2D eigenvalue weighted by atomic mass is 16.3. The lowest BCUT2D eigenvalue weighted by atomic mass is 9.85. The normalized spacial score (nSPS) is 28.2. The lowest BCUT2D eigenvalue weighted by molar-refractivity contribution is 0.281.